The average molecular weight is 446 g/mol. The van der Waals surface area contributed by atoms with E-state index in [4.69, 9.17) is 12.2 Å². The predicted octanol–water partition coefficient (Wildman–Crippen LogP) is 6.27. The van der Waals surface area contributed by atoms with Crippen molar-refractivity contribution in [2.75, 3.05) is 6.54 Å². The van der Waals surface area contributed by atoms with Crippen molar-refractivity contribution in [3.63, 3.8) is 0 Å². The van der Waals surface area contributed by atoms with Gasteiger partial charge < -0.3 is 0 Å². The standard InChI is InChI=1S/C25H19NOS3/c1-2-26-23(27)22(29-24(26)28)21-19-15-9-10-16-20(19)25(30-21,17-11-5-3-6-12-17)18-13-7-4-8-14-18/h3-16H,2H2,1H3/b22-21+. The molecule has 5 heteroatoms. The molecule has 3 aromatic rings. The monoisotopic (exact) mass is 445 g/mol. The van der Waals surface area contributed by atoms with E-state index in [0.29, 0.717) is 10.9 Å². The van der Waals surface area contributed by atoms with Crippen molar-refractivity contribution in [3.8, 4) is 0 Å². The highest BCUT2D eigenvalue weighted by molar-refractivity contribution is 8.27. The van der Waals surface area contributed by atoms with Gasteiger partial charge >= 0.3 is 0 Å². The number of thiocarbonyl (C=S) groups is 1. The summed E-state index contributed by atoms with van der Waals surface area (Å²) in [5.41, 5.74) is 4.74. The summed E-state index contributed by atoms with van der Waals surface area (Å²) >= 11 is 8.68. The zero-order valence-corrected chi connectivity index (χ0v) is 18.8. The molecule has 2 aliphatic rings. The fourth-order valence-corrected chi connectivity index (χ4v) is 7.35. The second-order valence-corrected chi connectivity index (χ2v) is 10.0. The normalized spacial score (nSPS) is 20.0. The molecule has 5 rings (SSSR count). The minimum atomic E-state index is -0.413. The molecule has 1 saturated heterocycles. The van der Waals surface area contributed by atoms with Crippen molar-refractivity contribution in [2.24, 2.45) is 0 Å². The second-order valence-electron chi connectivity index (χ2n) is 7.14. The van der Waals surface area contributed by atoms with Crippen molar-refractivity contribution >= 4 is 50.9 Å². The SMILES string of the molecule is CCN1C(=O)/C(=C2\SC(c3ccccc3)(c3ccccc3)c3ccccc32)SC1=S. The summed E-state index contributed by atoms with van der Waals surface area (Å²) < 4.78 is 0.226. The number of rotatable bonds is 3. The zero-order valence-electron chi connectivity index (χ0n) is 16.4. The molecule has 0 aromatic heterocycles. The number of hydrogen-bond donors (Lipinski definition) is 0. The van der Waals surface area contributed by atoms with E-state index in [-0.39, 0.29) is 5.91 Å². The van der Waals surface area contributed by atoms with Gasteiger partial charge in [-0.3, -0.25) is 9.69 Å². The molecule has 0 N–H and O–H groups in total. The zero-order chi connectivity index (χ0) is 20.7. The quantitative estimate of drug-likeness (QED) is 0.349. The molecule has 2 aliphatic heterocycles. The van der Waals surface area contributed by atoms with E-state index in [2.05, 4.69) is 66.7 Å². The Morgan fingerprint density at radius 3 is 1.97 bits per heavy atom. The molecule has 0 saturated carbocycles. The molecule has 1 amide bonds. The number of carbonyl (C=O) groups is 1. The highest BCUT2D eigenvalue weighted by Gasteiger charge is 2.48. The van der Waals surface area contributed by atoms with Gasteiger partial charge in [-0.05, 0) is 29.2 Å². The van der Waals surface area contributed by atoms with Crippen LogP contribution in [0.5, 0.6) is 0 Å². The maximum absolute atomic E-state index is 13.2. The van der Waals surface area contributed by atoms with Crippen molar-refractivity contribution in [1.82, 2.24) is 4.90 Å². The fraction of sp³-hybridized carbons (Fsp3) is 0.120. The Bertz CT molecular complexity index is 1130. The van der Waals surface area contributed by atoms with Crippen LogP contribution in [0.1, 0.15) is 29.2 Å². The number of hydrogen-bond acceptors (Lipinski definition) is 4. The lowest BCUT2D eigenvalue weighted by molar-refractivity contribution is -0.122. The maximum atomic E-state index is 13.2. The van der Waals surface area contributed by atoms with Crippen LogP contribution in [0.15, 0.2) is 89.8 Å². The fourth-order valence-electron chi connectivity index (χ4n) is 4.17. The molecule has 0 spiro atoms. The highest BCUT2D eigenvalue weighted by Crippen LogP contribution is 2.63. The third kappa shape index (κ3) is 2.88. The van der Waals surface area contributed by atoms with Crippen LogP contribution in [0.2, 0.25) is 0 Å². The van der Waals surface area contributed by atoms with Gasteiger partial charge in [0.1, 0.15) is 4.32 Å². The minimum absolute atomic E-state index is 0.0155. The molecule has 2 heterocycles. The third-order valence-electron chi connectivity index (χ3n) is 5.54. The molecule has 2 nitrogen and oxygen atoms in total. The topological polar surface area (TPSA) is 20.3 Å². The van der Waals surface area contributed by atoms with Crippen LogP contribution in [-0.4, -0.2) is 21.7 Å². The number of nitrogens with zero attached hydrogens (tertiary/aromatic N) is 1. The first-order chi connectivity index (χ1) is 14.7. The van der Waals surface area contributed by atoms with E-state index in [9.17, 15) is 4.79 Å². The Kier molecular flexibility index (Phi) is 5.05. The number of fused-ring (bicyclic) bond motifs is 1. The summed E-state index contributed by atoms with van der Waals surface area (Å²) in [6.45, 7) is 2.56. The molecular formula is C25H19NOS3. The third-order valence-corrected chi connectivity index (χ3v) is 8.74. The van der Waals surface area contributed by atoms with Gasteiger partial charge in [0.2, 0.25) is 0 Å². The van der Waals surface area contributed by atoms with Crippen LogP contribution < -0.4 is 0 Å². The number of carbonyl (C=O) groups excluding carboxylic acids is 1. The van der Waals surface area contributed by atoms with E-state index in [0.717, 1.165) is 15.4 Å². The first kappa shape index (κ1) is 19.6. The maximum Gasteiger partial charge on any atom is 0.267 e. The first-order valence-corrected chi connectivity index (χ1v) is 11.9. The number of thioether (sulfide) groups is 2. The Morgan fingerprint density at radius 2 is 1.40 bits per heavy atom. The molecule has 30 heavy (non-hydrogen) atoms. The van der Waals surface area contributed by atoms with E-state index < -0.39 is 4.75 Å². The molecule has 0 unspecified atom stereocenters. The van der Waals surface area contributed by atoms with E-state index >= 15 is 0 Å². The Labute approximate surface area is 190 Å². The van der Waals surface area contributed by atoms with Crippen LogP contribution in [-0.2, 0) is 9.54 Å². The van der Waals surface area contributed by atoms with Gasteiger partial charge in [-0.25, -0.2) is 0 Å². The lowest BCUT2D eigenvalue weighted by Crippen LogP contribution is -2.27. The molecule has 0 bridgehead atoms. The number of likely N-dealkylation sites (N-methyl/N-ethyl adjacent to an activating group) is 1. The van der Waals surface area contributed by atoms with Crippen molar-refractivity contribution in [2.45, 2.75) is 11.7 Å². The van der Waals surface area contributed by atoms with Gasteiger partial charge in [-0.2, -0.15) is 0 Å². The molecular weight excluding hydrogens is 426 g/mol. The average Bonchev–Trinajstić information content (AvgIpc) is 3.29. The van der Waals surface area contributed by atoms with Gasteiger partial charge in [0, 0.05) is 11.4 Å². The molecule has 0 aliphatic carbocycles. The lowest BCUT2D eigenvalue weighted by Gasteiger charge is -2.31. The summed E-state index contributed by atoms with van der Waals surface area (Å²) in [7, 11) is 0. The highest BCUT2D eigenvalue weighted by atomic mass is 32.2. The van der Waals surface area contributed by atoms with Gasteiger partial charge in [0.15, 0.2) is 0 Å². The van der Waals surface area contributed by atoms with Gasteiger partial charge in [0.05, 0.1) is 9.65 Å². The van der Waals surface area contributed by atoms with Gasteiger partial charge in [-0.1, -0.05) is 109 Å². The van der Waals surface area contributed by atoms with E-state index in [1.54, 1.807) is 16.7 Å². The van der Waals surface area contributed by atoms with Crippen LogP contribution in [0.3, 0.4) is 0 Å². The Balaban J connectivity index is 1.80. The van der Waals surface area contributed by atoms with E-state index in [1.807, 2.05) is 25.1 Å². The molecule has 148 valence electrons. The summed E-state index contributed by atoms with van der Waals surface area (Å²) in [6, 6.07) is 29.6. The van der Waals surface area contributed by atoms with Crippen LogP contribution in [0.4, 0.5) is 0 Å². The van der Waals surface area contributed by atoms with Crippen molar-refractivity contribution in [1.29, 1.82) is 0 Å². The van der Waals surface area contributed by atoms with Crippen molar-refractivity contribution in [3.05, 3.63) is 112 Å². The van der Waals surface area contributed by atoms with Crippen molar-refractivity contribution < 1.29 is 4.79 Å². The van der Waals surface area contributed by atoms with Gasteiger partial charge in [-0.15, -0.1) is 11.8 Å². The smallest absolute Gasteiger partial charge is 0.267 e. The molecule has 0 radical (unpaired) electrons. The molecule has 0 atom stereocenters. The first-order valence-electron chi connectivity index (χ1n) is 9.84. The molecule has 1 fully saturated rings. The Morgan fingerprint density at radius 1 is 0.833 bits per heavy atom. The predicted molar refractivity (Wildman–Crippen MR) is 131 cm³/mol. The largest absolute Gasteiger partial charge is 0.293 e. The number of amides is 1. The summed E-state index contributed by atoms with van der Waals surface area (Å²) in [5, 5.41) is 0. The van der Waals surface area contributed by atoms with Crippen LogP contribution in [0, 0.1) is 0 Å². The van der Waals surface area contributed by atoms with E-state index in [1.165, 1.54) is 28.5 Å². The molecule has 3 aromatic carbocycles. The Hall–Kier alpha value is -2.34. The van der Waals surface area contributed by atoms with Crippen LogP contribution >= 0.6 is 35.7 Å². The lowest BCUT2D eigenvalue weighted by atomic mass is 9.82. The summed E-state index contributed by atoms with van der Waals surface area (Å²) in [5.74, 6) is 0.0155. The second kappa shape index (κ2) is 7.73. The number of benzene rings is 3. The minimum Gasteiger partial charge on any atom is -0.293 e. The van der Waals surface area contributed by atoms with Crippen LogP contribution in [0.25, 0.3) is 4.91 Å². The summed E-state index contributed by atoms with van der Waals surface area (Å²) in [4.78, 5) is 16.6. The van der Waals surface area contributed by atoms with Gasteiger partial charge in [0.25, 0.3) is 5.91 Å². The summed E-state index contributed by atoms with van der Waals surface area (Å²) in [6.07, 6.45) is 0.